The van der Waals surface area contributed by atoms with E-state index in [1.165, 1.54) is 77.2 Å². The predicted molar refractivity (Wildman–Crippen MR) is 208 cm³/mol. The number of rotatable bonds is 8. The lowest BCUT2D eigenvalue weighted by molar-refractivity contribution is 0.446. The molecule has 0 aliphatic heterocycles. The van der Waals surface area contributed by atoms with E-state index in [-0.39, 0.29) is 5.41 Å². The maximum Gasteiger partial charge on any atom is 0.0222 e. The molecule has 234 valence electrons. The molecule has 8 aromatic rings. The summed E-state index contributed by atoms with van der Waals surface area (Å²) < 4.78 is 0. The second-order valence-corrected chi connectivity index (χ2v) is 13.6. The molecule has 49 heavy (non-hydrogen) atoms. The normalized spacial score (nSPS) is 13.0. The van der Waals surface area contributed by atoms with E-state index < -0.39 is 0 Å². The van der Waals surface area contributed by atoms with Crippen molar-refractivity contribution in [3.05, 3.63) is 204 Å². The van der Waals surface area contributed by atoms with Crippen molar-refractivity contribution in [1.29, 1.82) is 0 Å². The van der Waals surface area contributed by atoms with E-state index in [1.807, 2.05) is 0 Å². The van der Waals surface area contributed by atoms with Gasteiger partial charge in [-0.25, -0.2) is 0 Å². The SMILES string of the molecule is c1ccc(CCC2(CCc3ccccc3)c3cc(-c4cccc5ccccc45)ccc3-c3ccc(-c4cccc5ccccc45)cc32)cc1. The highest BCUT2D eigenvalue weighted by atomic mass is 14.5. The van der Waals surface area contributed by atoms with Crippen molar-refractivity contribution in [3.63, 3.8) is 0 Å². The molecule has 0 aromatic heterocycles. The van der Waals surface area contributed by atoms with E-state index in [9.17, 15) is 0 Å². The first-order valence-electron chi connectivity index (χ1n) is 17.6. The number of hydrogen-bond donors (Lipinski definition) is 0. The summed E-state index contributed by atoms with van der Waals surface area (Å²) >= 11 is 0. The van der Waals surface area contributed by atoms with Crippen molar-refractivity contribution in [2.24, 2.45) is 0 Å². The van der Waals surface area contributed by atoms with E-state index in [4.69, 9.17) is 0 Å². The number of benzene rings is 8. The van der Waals surface area contributed by atoms with Crippen molar-refractivity contribution >= 4 is 21.5 Å². The minimum atomic E-state index is -0.155. The van der Waals surface area contributed by atoms with Crippen LogP contribution in [0.1, 0.15) is 35.1 Å². The quantitative estimate of drug-likeness (QED) is 0.157. The second kappa shape index (κ2) is 12.4. The molecule has 0 nitrogen and oxygen atoms in total. The van der Waals surface area contributed by atoms with Crippen molar-refractivity contribution in [2.45, 2.75) is 31.1 Å². The molecule has 1 aliphatic rings. The monoisotopic (exact) mass is 626 g/mol. The van der Waals surface area contributed by atoms with Gasteiger partial charge in [0.15, 0.2) is 0 Å². The van der Waals surface area contributed by atoms with E-state index in [1.54, 1.807) is 0 Å². The lowest BCUT2D eigenvalue weighted by atomic mass is 9.69. The number of aryl methyl sites for hydroxylation is 2. The zero-order valence-electron chi connectivity index (χ0n) is 27.6. The maximum absolute atomic E-state index is 2.55. The van der Waals surface area contributed by atoms with Gasteiger partial charge in [-0.15, -0.1) is 0 Å². The molecule has 1 aliphatic carbocycles. The van der Waals surface area contributed by atoms with Gasteiger partial charge in [-0.3, -0.25) is 0 Å². The summed E-state index contributed by atoms with van der Waals surface area (Å²) in [4.78, 5) is 0. The highest BCUT2D eigenvalue weighted by Gasteiger charge is 2.43. The van der Waals surface area contributed by atoms with Crippen LogP contribution in [0.15, 0.2) is 182 Å². The van der Waals surface area contributed by atoms with Gasteiger partial charge in [0.05, 0.1) is 0 Å². The lowest BCUT2D eigenvalue weighted by Gasteiger charge is -2.33. The Hall–Kier alpha value is -5.72. The molecular formula is C49H38. The fourth-order valence-corrected chi connectivity index (χ4v) is 8.45. The van der Waals surface area contributed by atoms with Gasteiger partial charge < -0.3 is 0 Å². The Labute approximate surface area is 289 Å². The Balaban J connectivity index is 1.26. The molecule has 0 saturated carbocycles. The van der Waals surface area contributed by atoms with E-state index >= 15 is 0 Å². The van der Waals surface area contributed by atoms with Crippen LogP contribution < -0.4 is 0 Å². The Morgan fingerprint density at radius 3 is 1.20 bits per heavy atom. The Morgan fingerprint density at radius 2 is 0.735 bits per heavy atom. The molecule has 0 fully saturated rings. The molecule has 9 rings (SSSR count). The van der Waals surface area contributed by atoms with Gasteiger partial charge in [-0.2, -0.15) is 0 Å². The van der Waals surface area contributed by atoms with Crippen LogP contribution in [0.3, 0.4) is 0 Å². The lowest BCUT2D eigenvalue weighted by Crippen LogP contribution is -2.27. The molecule has 0 unspecified atom stereocenters. The molecule has 0 saturated heterocycles. The first-order chi connectivity index (χ1) is 24.3. The van der Waals surface area contributed by atoms with Gasteiger partial charge in [-0.05, 0) is 115 Å². The van der Waals surface area contributed by atoms with Gasteiger partial charge in [0.2, 0.25) is 0 Å². The third-order valence-corrected chi connectivity index (χ3v) is 10.9. The molecule has 0 bridgehead atoms. The number of hydrogen-bond acceptors (Lipinski definition) is 0. The average molecular weight is 627 g/mol. The Kier molecular flexibility index (Phi) is 7.43. The first kappa shape index (κ1) is 29.4. The summed E-state index contributed by atoms with van der Waals surface area (Å²) in [7, 11) is 0. The van der Waals surface area contributed by atoms with Crippen LogP contribution >= 0.6 is 0 Å². The first-order valence-corrected chi connectivity index (χ1v) is 17.6. The summed E-state index contributed by atoms with van der Waals surface area (Å²) in [5, 5.41) is 5.17. The van der Waals surface area contributed by atoms with Crippen LogP contribution in [0, 0.1) is 0 Å². The summed E-state index contributed by atoms with van der Waals surface area (Å²) in [6.45, 7) is 0. The Bertz CT molecular complexity index is 2250. The van der Waals surface area contributed by atoms with Crippen molar-refractivity contribution in [3.8, 4) is 33.4 Å². The van der Waals surface area contributed by atoms with Crippen LogP contribution in [0.25, 0.3) is 54.9 Å². The summed E-state index contributed by atoms with van der Waals surface area (Å²) in [6, 6.07) is 67.8. The minimum Gasteiger partial charge on any atom is -0.0622 e. The van der Waals surface area contributed by atoms with Gasteiger partial charge in [0.1, 0.15) is 0 Å². The third kappa shape index (κ3) is 5.25. The van der Waals surface area contributed by atoms with Gasteiger partial charge in [-0.1, -0.05) is 170 Å². The van der Waals surface area contributed by atoms with Gasteiger partial charge in [0.25, 0.3) is 0 Å². The Morgan fingerprint density at radius 1 is 0.327 bits per heavy atom. The smallest absolute Gasteiger partial charge is 0.0222 e. The fourth-order valence-electron chi connectivity index (χ4n) is 8.45. The van der Waals surface area contributed by atoms with E-state index in [0.717, 1.165) is 25.7 Å². The van der Waals surface area contributed by atoms with Crippen LogP contribution in [0.2, 0.25) is 0 Å². The minimum absolute atomic E-state index is 0.155. The van der Waals surface area contributed by atoms with Crippen molar-refractivity contribution in [2.75, 3.05) is 0 Å². The summed E-state index contributed by atoms with van der Waals surface area (Å²) in [5.74, 6) is 0. The van der Waals surface area contributed by atoms with E-state index in [0.29, 0.717) is 0 Å². The van der Waals surface area contributed by atoms with Gasteiger partial charge in [0, 0.05) is 5.41 Å². The molecule has 0 spiro atoms. The zero-order chi connectivity index (χ0) is 32.6. The van der Waals surface area contributed by atoms with Crippen LogP contribution in [-0.2, 0) is 18.3 Å². The zero-order valence-corrected chi connectivity index (χ0v) is 27.6. The van der Waals surface area contributed by atoms with E-state index in [2.05, 4.69) is 182 Å². The van der Waals surface area contributed by atoms with Crippen LogP contribution in [0.4, 0.5) is 0 Å². The molecule has 0 heterocycles. The van der Waals surface area contributed by atoms with Crippen molar-refractivity contribution in [1.82, 2.24) is 0 Å². The summed E-state index contributed by atoms with van der Waals surface area (Å²) in [6.07, 6.45) is 4.13. The average Bonchev–Trinajstić information content (AvgIpc) is 3.45. The standard InChI is InChI=1S/C49H38/c1-3-13-35(14-4-1)29-31-49(32-30-36-15-5-2-6-16-36)47-33-39(43-23-11-19-37-17-7-9-21-41(37)43)25-27-45(47)46-28-26-40(34-48(46)49)44-24-12-20-38-18-8-10-22-42(38)44/h1-28,33-34H,29-32H2. The summed E-state index contributed by atoms with van der Waals surface area (Å²) in [5.41, 5.74) is 13.5. The molecule has 0 amide bonds. The molecule has 0 atom stereocenters. The predicted octanol–water partition coefficient (Wildman–Crippen LogP) is 12.9. The highest BCUT2D eigenvalue weighted by Crippen LogP contribution is 2.55. The topological polar surface area (TPSA) is 0 Å². The van der Waals surface area contributed by atoms with Crippen molar-refractivity contribution < 1.29 is 0 Å². The van der Waals surface area contributed by atoms with Crippen LogP contribution in [-0.4, -0.2) is 0 Å². The van der Waals surface area contributed by atoms with Crippen LogP contribution in [0.5, 0.6) is 0 Å². The van der Waals surface area contributed by atoms with Gasteiger partial charge >= 0.3 is 0 Å². The number of fused-ring (bicyclic) bond motifs is 5. The third-order valence-electron chi connectivity index (χ3n) is 10.9. The molecule has 0 radical (unpaired) electrons. The molecular weight excluding hydrogens is 589 g/mol. The molecule has 8 aromatic carbocycles. The molecule has 0 heteroatoms. The maximum atomic E-state index is 2.55. The second-order valence-electron chi connectivity index (χ2n) is 13.6. The highest BCUT2D eigenvalue weighted by molar-refractivity contribution is 5.99. The molecule has 0 N–H and O–H groups in total. The largest absolute Gasteiger partial charge is 0.0622 e. The fraction of sp³-hybridized carbons (Fsp3) is 0.102.